The van der Waals surface area contributed by atoms with Crippen LogP contribution in [0, 0.1) is 5.92 Å². The van der Waals surface area contributed by atoms with Crippen LogP contribution < -0.4 is 4.74 Å². The molecule has 0 aromatic heterocycles. The first kappa shape index (κ1) is 21.5. The Balaban J connectivity index is 1.79. The largest absolute Gasteiger partial charge is 0.489 e. The second-order valence-electron chi connectivity index (χ2n) is 10.1. The Morgan fingerprint density at radius 2 is 2.04 bits per heavy atom. The minimum absolute atomic E-state index is 0.0513. The van der Waals surface area contributed by atoms with Crippen molar-refractivity contribution < 1.29 is 19.1 Å². The van der Waals surface area contributed by atoms with Gasteiger partial charge in [0.2, 0.25) is 0 Å². The van der Waals surface area contributed by atoms with Crippen LogP contribution in [-0.2, 0) is 15.6 Å². The molecule has 0 spiro atoms. The maximum atomic E-state index is 11.3. The van der Waals surface area contributed by atoms with E-state index < -0.39 is 8.32 Å². The van der Waals surface area contributed by atoms with Gasteiger partial charge < -0.3 is 19.1 Å². The molecule has 0 radical (unpaired) electrons. The summed E-state index contributed by atoms with van der Waals surface area (Å²) in [6, 6.07) is 6.34. The van der Waals surface area contributed by atoms with Crippen LogP contribution in [0.25, 0.3) is 0 Å². The SMILES string of the molecule is CC(=O)CCCc1cccc2c1O[C@H]1C[C@@H](O[Si](C)(C)C(C)(C)C)[C@H](CO)[C@@H]21. The smallest absolute Gasteiger partial charge is 0.192 e. The first-order chi connectivity index (χ1) is 13.0. The van der Waals surface area contributed by atoms with E-state index in [9.17, 15) is 9.90 Å². The van der Waals surface area contributed by atoms with Gasteiger partial charge in [-0.15, -0.1) is 0 Å². The summed E-state index contributed by atoms with van der Waals surface area (Å²) in [7, 11) is -1.91. The van der Waals surface area contributed by atoms with Crippen LogP contribution in [0.1, 0.15) is 64.0 Å². The number of rotatable bonds is 7. The fourth-order valence-electron chi connectivity index (χ4n) is 4.42. The Kier molecular flexibility index (Phi) is 6.09. The third-order valence-corrected chi connectivity index (χ3v) is 11.5. The molecular weight excluding hydrogens is 368 g/mol. The molecule has 3 rings (SSSR count). The molecule has 0 bridgehead atoms. The molecule has 0 amide bonds. The Hall–Kier alpha value is -1.17. The molecule has 1 heterocycles. The third-order valence-electron chi connectivity index (χ3n) is 7.00. The topological polar surface area (TPSA) is 55.8 Å². The zero-order chi connectivity index (χ0) is 20.7. The molecule has 28 heavy (non-hydrogen) atoms. The predicted molar refractivity (Wildman–Crippen MR) is 114 cm³/mol. The van der Waals surface area contributed by atoms with Crippen LogP contribution in [0.15, 0.2) is 18.2 Å². The molecular formula is C23H36O4Si. The number of carbonyl (C=O) groups excluding carboxylic acids is 1. The summed E-state index contributed by atoms with van der Waals surface area (Å²) >= 11 is 0. The summed E-state index contributed by atoms with van der Waals surface area (Å²) < 4.78 is 13.1. The number of ether oxygens (including phenoxy) is 1. The molecule has 2 aliphatic rings. The second-order valence-corrected chi connectivity index (χ2v) is 14.8. The minimum Gasteiger partial charge on any atom is -0.489 e. The molecule has 4 nitrogen and oxygen atoms in total. The van der Waals surface area contributed by atoms with Crippen molar-refractivity contribution in [2.24, 2.45) is 5.92 Å². The Labute approximate surface area is 170 Å². The molecule has 1 saturated carbocycles. The van der Waals surface area contributed by atoms with Gasteiger partial charge in [0.15, 0.2) is 8.32 Å². The lowest BCUT2D eigenvalue weighted by atomic mass is 9.87. The molecule has 1 N–H and O–H groups in total. The molecule has 0 unspecified atom stereocenters. The van der Waals surface area contributed by atoms with Crippen LogP contribution in [0.3, 0.4) is 0 Å². The van der Waals surface area contributed by atoms with Crippen molar-refractivity contribution in [2.45, 2.75) is 89.6 Å². The molecule has 1 aliphatic heterocycles. The number of para-hydroxylation sites is 1. The second kappa shape index (κ2) is 7.92. The highest BCUT2D eigenvalue weighted by atomic mass is 28.4. The van der Waals surface area contributed by atoms with Crippen LogP contribution in [0.2, 0.25) is 18.1 Å². The molecule has 156 valence electrons. The normalized spacial score (nSPS) is 26.7. The lowest BCUT2D eigenvalue weighted by molar-refractivity contribution is -0.117. The van der Waals surface area contributed by atoms with Gasteiger partial charge in [-0.05, 0) is 43.5 Å². The Morgan fingerprint density at radius 3 is 2.64 bits per heavy atom. The number of aryl methyl sites for hydroxylation is 1. The predicted octanol–water partition coefficient (Wildman–Crippen LogP) is 4.85. The monoisotopic (exact) mass is 404 g/mol. The number of aliphatic hydroxyl groups is 1. The van der Waals surface area contributed by atoms with Gasteiger partial charge in [0, 0.05) is 36.8 Å². The van der Waals surface area contributed by atoms with Crippen LogP contribution >= 0.6 is 0 Å². The van der Waals surface area contributed by atoms with Gasteiger partial charge in [-0.1, -0.05) is 39.0 Å². The van der Waals surface area contributed by atoms with Crippen molar-refractivity contribution in [3.05, 3.63) is 29.3 Å². The number of fused-ring (bicyclic) bond motifs is 3. The Morgan fingerprint density at radius 1 is 1.32 bits per heavy atom. The van der Waals surface area contributed by atoms with E-state index in [1.807, 2.05) is 0 Å². The fourth-order valence-corrected chi connectivity index (χ4v) is 5.80. The third kappa shape index (κ3) is 4.07. The van der Waals surface area contributed by atoms with E-state index in [-0.39, 0.29) is 41.5 Å². The summed E-state index contributed by atoms with van der Waals surface area (Å²) in [5.74, 6) is 1.50. The minimum atomic E-state index is -1.91. The van der Waals surface area contributed by atoms with Crippen molar-refractivity contribution in [3.63, 3.8) is 0 Å². The molecule has 5 heteroatoms. The van der Waals surface area contributed by atoms with Gasteiger partial charge in [-0.25, -0.2) is 0 Å². The lowest BCUT2D eigenvalue weighted by Crippen LogP contribution is -2.45. The highest BCUT2D eigenvalue weighted by Gasteiger charge is 2.53. The van der Waals surface area contributed by atoms with Gasteiger partial charge in [0.25, 0.3) is 0 Å². The standard InChI is InChI=1S/C23H36O4Si/c1-15(25)9-7-10-16-11-8-12-17-21-18(14-24)19(13-20(21)26-22(16)17)27-28(5,6)23(2,3)4/h8,11-12,18-21,24H,7,9-10,13-14H2,1-6H3/t18-,19+,20-,21+/m0/s1. The van der Waals surface area contributed by atoms with Crippen LogP contribution in [0.4, 0.5) is 0 Å². The van der Waals surface area contributed by atoms with E-state index in [0.29, 0.717) is 6.42 Å². The van der Waals surface area contributed by atoms with E-state index in [1.165, 1.54) is 11.1 Å². The number of benzene rings is 1. The average molecular weight is 405 g/mol. The Bertz CT molecular complexity index is 722. The van der Waals surface area contributed by atoms with Crippen molar-refractivity contribution >= 4 is 14.1 Å². The zero-order valence-corrected chi connectivity index (χ0v) is 19.2. The lowest BCUT2D eigenvalue weighted by Gasteiger charge is -2.40. The summed E-state index contributed by atoms with van der Waals surface area (Å²) in [6.45, 7) is 13.1. The number of ketones is 1. The van der Waals surface area contributed by atoms with Crippen molar-refractivity contribution in [2.75, 3.05) is 6.61 Å². The molecule has 1 aromatic rings. The van der Waals surface area contributed by atoms with E-state index in [0.717, 1.165) is 25.0 Å². The summed E-state index contributed by atoms with van der Waals surface area (Å²) in [5.41, 5.74) is 2.40. The van der Waals surface area contributed by atoms with Crippen molar-refractivity contribution in [3.8, 4) is 5.75 Å². The summed E-state index contributed by atoms with van der Waals surface area (Å²) in [5, 5.41) is 10.4. The van der Waals surface area contributed by atoms with Gasteiger partial charge in [0.05, 0.1) is 6.10 Å². The zero-order valence-electron chi connectivity index (χ0n) is 18.2. The maximum absolute atomic E-state index is 11.3. The van der Waals surface area contributed by atoms with E-state index >= 15 is 0 Å². The number of hydrogen-bond acceptors (Lipinski definition) is 4. The fraction of sp³-hybridized carbons (Fsp3) is 0.696. The van der Waals surface area contributed by atoms with E-state index in [4.69, 9.17) is 9.16 Å². The molecule has 1 aliphatic carbocycles. The number of Topliss-reactive ketones (excluding diaryl/α,β-unsaturated/α-hetero) is 1. The van der Waals surface area contributed by atoms with Crippen molar-refractivity contribution in [1.82, 2.24) is 0 Å². The highest BCUT2D eigenvalue weighted by Crippen LogP contribution is 2.53. The van der Waals surface area contributed by atoms with E-state index in [1.54, 1.807) is 6.92 Å². The molecule has 1 aromatic carbocycles. The first-order valence-corrected chi connectivity index (χ1v) is 13.5. The van der Waals surface area contributed by atoms with E-state index in [2.05, 4.69) is 52.1 Å². The number of hydrogen-bond donors (Lipinski definition) is 1. The maximum Gasteiger partial charge on any atom is 0.192 e. The van der Waals surface area contributed by atoms with Crippen molar-refractivity contribution in [1.29, 1.82) is 0 Å². The first-order valence-electron chi connectivity index (χ1n) is 10.6. The number of aliphatic hydroxyl groups excluding tert-OH is 1. The molecule has 1 fully saturated rings. The molecule has 4 atom stereocenters. The van der Waals surface area contributed by atoms with Crippen LogP contribution in [0.5, 0.6) is 5.75 Å². The molecule has 0 saturated heterocycles. The number of carbonyl (C=O) groups is 1. The van der Waals surface area contributed by atoms with Gasteiger partial charge in [-0.2, -0.15) is 0 Å². The van der Waals surface area contributed by atoms with Crippen LogP contribution in [-0.4, -0.2) is 38.0 Å². The summed E-state index contributed by atoms with van der Waals surface area (Å²) in [4.78, 5) is 11.3. The average Bonchev–Trinajstić information content (AvgIpc) is 3.09. The highest BCUT2D eigenvalue weighted by molar-refractivity contribution is 6.74. The van der Waals surface area contributed by atoms with Gasteiger partial charge in [-0.3, -0.25) is 0 Å². The van der Waals surface area contributed by atoms with Gasteiger partial charge >= 0.3 is 0 Å². The van der Waals surface area contributed by atoms with Gasteiger partial charge in [0.1, 0.15) is 17.6 Å². The quantitative estimate of drug-likeness (QED) is 0.660. The summed E-state index contributed by atoms with van der Waals surface area (Å²) in [6.07, 6.45) is 3.29.